The molecule has 1 atom stereocenters. The summed E-state index contributed by atoms with van der Waals surface area (Å²) in [4.78, 5) is 0. The van der Waals surface area contributed by atoms with Crippen molar-refractivity contribution in [3.05, 3.63) is 0 Å². The zero-order chi connectivity index (χ0) is 10.9. The minimum atomic E-state index is 0.408. The van der Waals surface area contributed by atoms with Gasteiger partial charge in [0.15, 0.2) is 0 Å². The molecule has 0 fully saturated rings. The highest BCUT2D eigenvalue weighted by molar-refractivity contribution is 4.89. The summed E-state index contributed by atoms with van der Waals surface area (Å²) in [6, 6.07) is 0. The van der Waals surface area contributed by atoms with E-state index in [2.05, 4.69) is 55.4 Å². The SMILES string of the molecule is CC(C)CC(C)(C(C)C)C(C)(C)C. The second-order valence-electron chi connectivity index (χ2n) is 6.42. The molecule has 0 bridgehead atoms. The fraction of sp³-hybridized carbons (Fsp3) is 1.00. The van der Waals surface area contributed by atoms with Gasteiger partial charge in [-0.1, -0.05) is 55.4 Å². The van der Waals surface area contributed by atoms with E-state index in [9.17, 15) is 0 Å². The van der Waals surface area contributed by atoms with Gasteiger partial charge in [-0.15, -0.1) is 0 Å². The fourth-order valence-electron chi connectivity index (χ4n) is 2.26. The van der Waals surface area contributed by atoms with Gasteiger partial charge in [-0.2, -0.15) is 0 Å². The first-order valence-corrected chi connectivity index (χ1v) is 5.61. The van der Waals surface area contributed by atoms with Crippen LogP contribution in [0.1, 0.15) is 61.8 Å². The molecule has 0 nitrogen and oxygen atoms in total. The average Bonchev–Trinajstić information content (AvgIpc) is 1.82. The van der Waals surface area contributed by atoms with E-state index in [0.29, 0.717) is 10.8 Å². The van der Waals surface area contributed by atoms with Gasteiger partial charge in [-0.3, -0.25) is 0 Å². The Balaban J connectivity index is 4.74. The van der Waals surface area contributed by atoms with Gasteiger partial charge in [-0.25, -0.2) is 0 Å². The highest BCUT2D eigenvalue weighted by atomic mass is 14.4. The number of hydrogen-bond donors (Lipinski definition) is 0. The molecule has 0 radical (unpaired) electrons. The zero-order valence-corrected chi connectivity index (χ0v) is 10.9. The normalized spacial score (nSPS) is 18.0. The molecule has 0 heteroatoms. The van der Waals surface area contributed by atoms with Crippen LogP contribution in [0.5, 0.6) is 0 Å². The average molecular weight is 184 g/mol. The highest BCUT2D eigenvalue weighted by Crippen LogP contribution is 2.48. The molecular formula is C13H28. The molecule has 0 amide bonds. The Hall–Kier alpha value is 0. The highest BCUT2D eigenvalue weighted by Gasteiger charge is 2.40. The largest absolute Gasteiger partial charge is 0.0628 e. The molecule has 0 aromatic rings. The molecule has 0 rings (SSSR count). The Morgan fingerprint density at radius 2 is 1.23 bits per heavy atom. The van der Waals surface area contributed by atoms with Gasteiger partial charge in [0.2, 0.25) is 0 Å². The van der Waals surface area contributed by atoms with Crippen LogP contribution in [0.3, 0.4) is 0 Å². The van der Waals surface area contributed by atoms with Crippen LogP contribution in [0.25, 0.3) is 0 Å². The Morgan fingerprint density at radius 3 is 1.31 bits per heavy atom. The van der Waals surface area contributed by atoms with E-state index in [4.69, 9.17) is 0 Å². The molecular weight excluding hydrogens is 156 g/mol. The van der Waals surface area contributed by atoms with Crippen LogP contribution < -0.4 is 0 Å². The Labute approximate surface area is 85.1 Å². The molecule has 0 heterocycles. The molecule has 0 saturated heterocycles. The molecule has 0 aliphatic carbocycles. The van der Waals surface area contributed by atoms with Crippen LogP contribution in [0.15, 0.2) is 0 Å². The van der Waals surface area contributed by atoms with Crippen LogP contribution in [0, 0.1) is 22.7 Å². The lowest BCUT2D eigenvalue weighted by atomic mass is 9.58. The first-order valence-electron chi connectivity index (χ1n) is 5.61. The van der Waals surface area contributed by atoms with Crippen molar-refractivity contribution >= 4 is 0 Å². The van der Waals surface area contributed by atoms with Crippen molar-refractivity contribution in [2.45, 2.75) is 61.8 Å². The second kappa shape index (κ2) is 4.02. The first-order chi connectivity index (χ1) is 5.61. The molecule has 0 aliphatic heterocycles. The summed E-state index contributed by atoms with van der Waals surface area (Å²) in [6.07, 6.45) is 1.33. The van der Waals surface area contributed by atoms with E-state index < -0.39 is 0 Å². The third-order valence-corrected chi connectivity index (χ3v) is 3.82. The summed E-state index contributed by atoms with van der Waals surface area (Å²) in [5.74, 6) is 1.56. The topological polar surface area (TPSA) is 0 Å². The number of hydrogen-bond acceptors (Lipinski definition) is 0. The molecule has 0 aromatic carbocycles. The third kappa shape index (κ3) is 3.00. The van der Waals surface area contributed by atoms with Crippen molar-refractivity contribution in [2.24, 2.45) is 22.7 Å². The van der Waals surface area contributed by atoms with Gasteiger partial charge >= 0.3 is 0 Å². The summed E-state index contributed by atoms with van der Waals surface area (Å²) in [6.45, 7) is 18.9. The molecule has 0 saturated carbocycles. The van der Waals surface area contributed by atoms with Crippen LogP contribution in [-0.2, 0) is 0 Å². The van der Waals surface area contributed by atoms with Gasteiger partial charge in [-0.05, 0) is 29.1 Å². The summed E-state index contributed by atoms with van der Waals surface area (Å²) in [5.41, 5.74) is 0.868. The monoisotopic (exact) mass is 184 g/mol. The second-order valence-corrected chi connectivity index (χ2v) is 6.42. The minimum absolute atomic E-state index is 0.408. The van der Waals surface area contributed by atoms with Gasteiger partial charge in [0.25, 0.3) is 0 Å². The van der Waals surface area contributed by atoms with Crippen LogP contribution in [0.4, 0.5) is 0 Å². The van der Waals surface area contributed by atoms with Crippen molar-refractivity contribution in [1.29, 1.82) is 0 Å². The van der Waals surface area contributed by atoms with E-state index in [1.807, 2.05) is 0 Å². The first kappa shape index (κ1) is 13.0. The van der Waals surface area contributed by atoms with Gasteiger partial charge < -0.3 is 0 Å². The summed E-state index contributed by atoms with van der Waals surface area (Å²) in [7, 11) is 0. The summed E-state index contributed by atoms with van der Waals surface area (Å²) in [5, 5.41) is 0. The molecule has 0 aliphatic rings. The lowest BCUT2D eigenvalue weighted by Gasteiger charge is -2.47. The van der Waals surface area contributed by atoms with Gasteiger partial charge in [0.05, 0.1) is 0 Å². The maximum absolute atomic E-state index is 2.44. The van der Waals surface area contributed by atoms with E-state index in [1.165, 1.54) is 6.42 Å². The van der Waals surface area contributed by atoms with Crippen LogP contribution >= 0.6 is 0 Å². The molecule has 0 N–H and O–H groups in total. The molecule has 0 spiro atoms. The Morgan fingerprint density at radius 1 is 0.846 bits per heavy atom. The molecule has 1 unspecified atom stereocenters. The Bertz CT molecular complexity index is 148. The molecule has 0 aromatic heterocycles. The van der Waals surface area contributed by atoms with E-state index in [-0.39, 0.29) is 0 Å². The smallest absolute Gasteiger partial charge is 0.0252 e. The van der Waals surface area contributed by atoms with Crippen LogP contribution in [-0.4, -0.2) is 0 Å². The number of rotatable bonds is 3. The van der Waals surface area contributed by atoms with Crippen molar-refractivity contribution in [3.8, 4) is 0 Å². The fourth-order valence-corrected chi connectivity index (χ4v) is 2.26. The van der Waals surface area contributed by atoms with Crippen molar-refractivity contribution in [1.82, 2.24) is 0 Å². The van der Waals surface area contributed by atoms with Gasteiger partial charge in [0, 0.05) is 0 Å². The zero-order valence-electron chi connectivity index (χ0n) is 10.9. The van der Waals surface area contributed by atoms with Crippen molar-refractivity contribution in [3.63, 3.8) is 0 Å². The Kier molecular flexibility index (Phi) is 4.02. The van der Waals surface area contributed by atoms with E-state index >= 15 is 0 Å². The van der Waals surface area contributed by atoms with Gasteiger partial charge in [0.1, 0.15) is 0 Å². The van der Waals surface area contributed by atoms with E-state index in [0.717, 1.165) is 11.8 Å². The lowest BCUT2D eigenvalue weighted by molar-refractivity contribution is 0.0280. The maximum atomic E-state index is 2.44. The van der Waals surface area contributed by atoms with Crippen LogP contribution in [0.2, 0.25) is 0 Å². The van der Waals surface area contributed by atoms with E-state index in [1.54, 1.807) is 0 Å². The molecule has 80 valence electrons. The minimum Gasteiger partial charge on any atom is -0.0628 e. The van der Waals surface area contributed by atoms with Crippen molar-refractivity contribution < 1.29 is 0 Å². The maximum Gasteiger partial charge on any atom is -0.0252 e. The molecule has 13 heavy (non-hydrogen) atoms. The standard InChI is InChI=1S/C13H28/c1-10(2)9-13(8,11(3)4)12(5,6)7/h10-11H,9H2,1-8H3. The lowest BCUT2D eigenvalue weighted by Crippen LogP contribution is -2.38. The van der Waals surface area contributed by atoms with Crippen molar-refractivity contribution in [2.75, 3.05) is 0 Å². The summed E-state index contributed by atoms with van der Waals surface area (Å²) >= 11 is 0. The third-order valence-electron chi connectivity index (χ3n) is 3.82. The predicted octanol–water partition coefficient (Wildman–Crippen LogP) is 4.74. The summed E-state index contributed by atoms with van der Waals surface area (Å²) < 4.78 is 0. The predicted molar refractivity (Wildman–Crippen MR) is 61.9 cm³/mol. The quantitative estimate of drug-likeness (QED) is 0.594.